The fourth-order valence-electron chi connectivity index (χ4n) is 1.35. The maximum absolute atomic E-state index is 11.0. The number of aromatic nitrogens is 1. The van der Waals surface area contributed by atoms with Crippen LogP contribution in [0.4, 0.5) is 0 Å². The molecule has 0 aliphatic rings. The number of H-pyrrole nitrogens is 1. The number of hydrogen-bond acceptors (Lipinski definition) is 2. The Morgan fingerprint density at radius 3 is 2.24 bits per heavy atom. The smallest absolute Gasteiger partial charge is 0.252 e. The van der Waals surface area contributed by atoms with Crippen LogP contribution < -0.4 is 5.56 Å². The number of fused-ring (bicyclic) bond motifs is 1. The summed E-state index contributed by atoms with van der Waals surface area (Å²) in [6, 6.07) is 6.69. The van der Waals surface area contributed by atoms with E-state index in [9.17, 15) is 9.90 Å². The number of aromatic amines is 1. The van der Waals surface area contributed by atoms with E-state index in [0.717, 1.165) is 5.56 Å². The first-order chi connectivity index (χ1) is 8.16. The minimum Gasteiger partial charge on any atom is -0.507 e. The van der Waals surface area contributed by atoms with E-state index in [1.54, 1.807) is 6.07 Å². The van der Waals surface area contributed by atoms with Gasteiger partial charge in [-0.3, -0.25) is 4.79 Å². The van der Waals surface area contributed by atoms with Gasteiger partial charge in [-0.2, -0.15) is 0 Å². The summed E-state index contributed by atoms with van der Waals surface area (Å²) in [5.41, 5.74) is 1.43. The van der Waals surface area contributed by atoms with Crippen LogP contribution >= 0.6 is 0 Å². The Morgan fingerprint density at radius 2 is 1.65 bits per heavy atom. The molecule has 3 nitrogen and oxygen atoms in total. The first-order valence-electron chi connectivity index (χ1n) is 5.99. The lowest BCUT2D eigenvalue weighted by Crippen LogP contribution is -2.02. The van der Waals surface area contributed by atoms with E-state index in [1.807, 2.05) is 46.8 Å². The molecule has 0 saturated carbocycles. The van der Waals surface area contributed by atoms with Crippen LogP contribution in [-0.2, 0) is 0 Å². The third-order valence-electron chi connectivity index (χ3n) is 1.98. The Labute approximate surface area is 102 Å². The zero-order chi connectivity index (χ0) is 13.4. The summed E-state index contributed by atoms with van der Waals surface area (Å²) >= 11 is 0. The molecule has 0 bridgehead atoms. The van der Waals surface area contributed by atoms with E-state index in [-0.39, 0.29) is 11.3 Å². The number of aryl methyl sites for hydroxylation is 1. The predicted molar refractivity (Wildman–Crippen MR) is 73.7 cm³/mol. The Hall–Kier alpha value is -1.77. The molecule has 0 atom stereocenters. The van der Waals surface area contributed by atoms with Crippen molar-refractivity contribution in [3.63, 3.8) is 0 Å². The molecule has 1 aromatic carbocycles. The van der Waals surface area contributed by atoms with Gasteiger partial charge in [0.1, 0.15) is 5.75 Å². The maximum atomic E-state index is 11.0. The van der Waals surface area contributed by atoms with Crippen LogP contribution in [0.1, 0.15) is 33.3 Å². The van der Waals surface area contributed by atoms with Gasteiger partial charge in [-0.25, -0.2) is 0 Å². The topological polar surface area (TPSA) is 53.1 Å². The Balaban J connectivity index is 0.000000581. The summed E-state index contributed by atoms with van der Waals surface area (Å²) in [7, 11) is 0. The molecule has 0 unspecified atom stereocenters. The molecule has 2 rings (SSSR count). The molecule has 0 radical (unpaired) electrons. The molecule has 17 heavy (non-hydrogen) atoms. The van der Waals surface area contributed by atoms with Crippen molar-refractivity contribution in [2.45, 2.75) is 34.6 Å². The molecule has 0 fully saturated rings. The van der Waals surface area contributed by atoms with Crippen LogP contribution in [0.25, 0.3) is 10.9 Å². The maximum Gasteiger partial charge on any atom is 0.252 e. The normalized spacial score (nSPS) is 8.76. The highest BCUT2D eigenvalue weighted by molar-refractivity contribution is 5.84. The quantitative estimate of drug-likeness (QED) is 0.733. The van der Waals surface area contributed by atoms with E-state index < -0.39 is 0 Å². The molecule has 94 valence electrons. The number of hydrogen-bond donors (Lipinski definition) is 2. The second-order valence-electron chi connectivity index (χ2n) is 3.07. The van der Waals surface area contributed by atoms with Gasteiger partial charge < -0.3 is 10.1 Å². The number of rotatable bonds is 0. The molecule has 2 N–H and O–H groups in total. The highest BCUT2D eigenvalue weighted by Crippen LogP contribution is 2.21. The lowest BCUT2D eigenvalue weighted by molar-refractivity contribution is 0.480. The Bertz CT molecular complexity index is 515. The first-order valence-corrected chi connectivity index (χ1v) is 5.99. The molecule has 2 aromatic rings. The van der Waals surface area contributed by atoms with Gasteiger partial charge in [0.15, 0.2) is 0 Å². The molecular weight excluding hydrogens is 214 g/mol. The average molecular weight is 235 g/mol. The number of aromatic hydroxyl groups is 1. The van der Waals surface area contributed by atoms with Gasteiger partial charge in [0.2, 0.25) is 0 Å². The number of nitrogens with one attached hydrogen (secondary N) is 1. The zero-order valence-electron chi connectivity index (χ0n) is 11.2. The largest absolute Gasteiger partial charge is 0.507 e. The van der Waals surface area contributed by atoms with Crippen molar-refractivity contribution in [1.82, 2.24) is 4.98 Å². The SMILES string of the molecule is CC.CC.Cc1ccc2[nH]c(=O)cc(O)c2c1. The summed E-state index contributed by atoms with van der Waals surface area (Å²) in [5, 5.41) is 10.1. The minimum absolute atomic E-state index is 0.0300. The van der Waals surface area contributed by atoms with Crippen molar-refractivity contribution in [2.75, 3.05) is 0 Å². The van der Waals surface area contributed by atoms with Gasteiger partial charge in [-0.15, -0.1) is 0 Å². The third-order valence-corrected chi connectivity index (χ3v) is 1.98. The van der Waals surface area contributed by atoms with Crippen molar-refractivity contribution in [2.24, 2.45) is 0 Å². The van der Waals surface area contributed by atoms with Crippen LogP contribution in [0.2, 0.25) is 0 Å². The van der Waals surface area contributed by atoms with Crippen LogP contribution in [0.15, 0.2) is 29.1 Å². The van der Waals surface area contributed by atoms with Gasteiger partial charge in [0.25, 0.3) is 5.56 Å². The standard InChI is InChI=1S/C10H9NO2.2C2H6/c1-6-2-3-8-7(4-6)9(12)5-10(13)11-8;2*1-2/h2-5H,1H3,(H2,11,12,13);2*1-2H3. The molecule has 0 aliphatic heterocycles. The molecular formula is C14H21NO2. The highest BCUT2D eigenvalue weighted by Gasteiger charge is 2.00. The fourth-order valence-corrected chi connectivity index (χ4v) is 1.35. The van der Waals surface area contributed by atoms with Gasteiger partial charge in [-0.05, 0) is 19.1 Å². The van der Waals surface area contributed by atoms with Crippen LogP contribution in [0.5, 0.6) is 5.75 Å². The first kappa shape index (κ1) is 15.2. The van der Waals surface area contributed by atoms with Gasteiger partial charge in [-0.1, -0.05) is 39.3 Å². The lowest BCUT2D eigenvalue weighted by Gasteiger charge is -2.00. The number of pyridine rings is 1. The van der Waals surface area contributed by atoms with Crippen LogP contribution in [-0.4, -0.2) is 10.1 Å². The number of benzene rings is 1. The molecule has 1 heterocycles. The monoisotopic (exact) mass is 235 g/mol. The summed E-state index contributed by atoms with van der Waals surface area (Å²) in [4.78, 5) is 13.6. The average Bonchev–Trinajstić information content (AvgIpc) is 2.35. The van der Waals surface area contributed by atoms with Crippen LogP contribution in [0, 0.1) is 6.92 Å². The summed E-state index contributed by atoms with van der Waals surface area (Å²) < 4.78 is 0. The van der Waals surface area contributed by atoms with Crippen molar-refractivity contribution >= 4 is 10.9 Å². The lowest BCUT2D eigenvalue weighted by atomic mass is 10.1. The summed E-state index contributed by atoms with van der Waals surface area (Å²) in [6.07, 6.45) is 0. The second kappa shape index (κ2) is 7.49. The fraction of sp³-hybridized carbons (Fsp3) is 0.357. The second-order valence-corrected chi connectivity index (χ2v) is 3.07. The van der Waals surface area contributed by atoms with Crippen molar-refractivity contribution in [1.29, 1.82) is 0 Å². The molecule has 0 aliphatic carbocycles. The molecule has 0 saturated heterocycles. The van der Waals surface area contributed by atoms with Crippen LogP contribution in [0.3, 0.4) is 0 Å². The molecule has 0 amide bonds. The molecule has 1 aromatic heterocycles. The van der Waals surface area contributed by atoms with Crippen molar-refractivity contribution in [3.8, 4) is 5.75 Å². The predicted octanol–water partition coefficient (Wildman–Crippen LogP) is 3.59. The van der Waals surface area contributed by atoms with Crippen molar-refractivity contribution < 1.29 is 5.11 Å². The van der Waals surface area contributed by atoms with E-state index in [2.05, 4.69) is 4.98 Å². The molecule has 0 spiro atoms. The van der Waals surface area contributed by atoms with Gasteiger partial charge in [0, 0.05) is 11.5 Å². The minimum atomic E-state index is -0.283. The Morgan fingerprint density at radius 1 is 1.06 bits per heavy atom. The van der Waals surface area contributed by atoms with Gasteiger partial charge in [0.05, 0.1) is 5.52 Å². The summed E-state index contributed by atoms with van der Waals surface area (Å²) in [5.74, 6) is 0.0300. The van der Waals surface area contributed by atoms with E-state index in [0.29, 0.717) is 10.9 Å². The van der Waals surface area contributed by atoms with Crippen molar-refractivity contribution in [3.05, 3.63) is 40.2 Å². The van der Waals surface area contributed by atoms with Gasteiger partial charge >= 0.3 is 0 Å². The third kappa shape index (κ3) is 3.94. The molecule has 3 heteroatoms. The van der Waals surface area contributed by atoms with E-state index in [1.165, 1.54) is 6.07 Å². The van der Waals surface area contributed by atoms with E-state index in [4.69, 9.17) is 0 Å². The Kier molecular flexibility index (Phi) is 6.71. The highest BCUT2D eigenvalue weighted by atomic mass is 16.3. The van der Waals surface area contributed by atoms with E-state index >= 15 is 0 Å². The zero-order valence-corrected chi connectivity index (χ0v) is 11.2. The summed E-state index contributed by atoms with van der Waals surface area (Å²) in [6.45, 7) is 9.93.